The molecule has 1 aliphatic rings. The predicted molar refractivity (Wildman–Crippen MR) is 42.7 cm³/mol. The molecule has 64 valence electrons. The molecule has 0 atom stereocenters. The minimum Gasteiger partial charge on any atom is -0.302 e. The number of nitrogens with zero attached hydrogens (tertiary/aromatic N) is 1. The molecule has 3 heteroatoms. The van der Waals surface area contributed by atoms with Crippen molar-refractivity contribution >= 4 is 0 Å². The van der Waals surface area contributed by atoms with E-state index in [1.807, 2.05) is 6.07 Å². The fourth-order valence-electron chi connectivity index (χ4n) is 1.48. The van der Waals surface area contributed by atoms with Crippen LogP contribution in [0.1, 0.15) is 11.1 Å². The third kappa shape index (κ3) is 1.11. The monoisotopic (exact) mass is 167 g/mol. The first-order chi connectivity index (χ1) is 5.81. The SMILES string of the molecule is CON1Cc2cccc(F)c2C1. The maximum absolute atomic E-state index is 13.1. The quantitative estimate of drug-likeness (QED) is 0.631. The summed E-state index contributed by atoms with van der Waals surface area (Å²) in [6.07, 6.45) is 0. The van der Waals surface area contributed by atoms with Crippen LogP contribution in [-0.4, -0.2) is 12.2 Å². The molecule has 2 rings (SSSR count). The van der Waals surface area contributed by atoms with Crippen LogP contribution >= 0.6 is 0 Å². The van der Waals surface area contributed by atoms with Crippen molar-refractivity contribution in [3.05, 3.63) is 35.1 Å². The highest BCUT2D eigenvalue weighted by atomic mass is 19.1. The molecule has 0 spiro atoms. The Morgan fingerprint density at radius 1 is 1.42 bits per heavy atom. The average Bonchev–Trinajstić information content (AvgIpc) is 2.49. The van der Waals surface area contributed by atoms with Crippen molar-refractivity contribution in [1.29, 1.82) is 0 Å². The summed E-state index contributed by atoms with van der Waals surface area (Å²) in [5.41, 5.74) is 1.79. The molecule has 0 aromatic heterocycles. The van der Waals surface area contributed by atoms with Gasteiger partial charge in [0.15, 0.2) is 0 Å². The minimum atomic E-state index is -0.132. The van der Waals surface area contributed by atoms with Gasteiger partial charge >= 0.3 is 0 Å². The number of hydroxylamine groups is 2. The molecule has 0 saturated heterocycles. The third-order valence-corrected chi connectivity index (χ3v) is 2.16. The van der Waals surface area contributed by atoms with E-state index in [9.17, 15) is 4.39 Å². The Balaban J connectivity index is 2.35. The summed E-state index contributed by atoms with van der Waals surface area (Å²) < 4.78 is 13.1. The summed E-state index contributed by atoms with van der Waals surface area (Å²) in [6, 6.07) is 5.14. The van der Waals surface area contributed by atoms with Gasteiger partial charge in [0, 0.05) is 12.1 Å². The van der Waals surface area contributed by atoms with Crippen molar-refractivity contribution in [2.75, 3.05) is 7.11 Å². The number of benzene rings is 1. The average molecular weight is 167 g/mol. The van der Waals surface area contributed by atoms with Gasteiger partial charge in [0.1, 0.15) is 5.82 Å². The van der Waals surface area contributed by atoms with Crippen LogP contribution in [0.25, 0.3) is 0 Å². The normalized spacial score (nSPS) is 16.5. The summed E-state index contributed by atoms with van der Waals surface area (Å²) in [7, 11) is 1.60. The second-order valence-electron chi connectivity index (χ2n) is 2.86. The van der Waals surface area contributed by atoms with Crippen LogP contribution in [-0.2, 0) is 17.9 Å². The lowest BCUT2D eigenvalue weighted by atomic mass is 10.1. The summed E-state index contributed by atoms with van der Waals surface area (Å²) in [5.74, 6) is -0.132. The van der Waals surface area contributed by atoms with E-state index in [1.165, 1.54) is 6.07 Å². The van der Waals surface area contributed by atoms with Crippen molar-refractivity contribution in [2.24, 2.45) is 0 Å². The molecule has 0 unspecified atom stereocenters. The lowest BCUT2D eigenvalue weighted by molar-refractivity contribution is -0.137. The van der Waals surface area contributed by atoms with Gasteiger partial charge in [-0.05, 0) is 11.6 Å². The van der Waals surface area contributed by atoms with Gasteiger partial charge in [-0.1, -0.05) is 12.1 Å². The molecule has 1 aromatic carbocycles. The van der Waals surface area contributed by atoms with E-state index in [0.29, 0.717) is 13.1 Å². The van der Waals surface area contributed by atoms with Gasteiger partial charge in [-0.25, -0.2) is 4.39 Å². The summed E-state index contributed by atoms with van der Waals surface area (Å²) >= 11 is 0. The molecule has 1 aliphatic heterocycles. The van der Waals surface area contributed by atoms with E-state index in [-0.39, 0.29) is 5.82 Å². The van der Waals surface area contributed by atoms with Crippen molar-refractivity contribution in [2.45, 2.75) is 13.1 Å². The van der Waals surface area contributed by atoms with Gasteiger partial charge in [-0.3, -0.25) is 0 Å². The van der Waals surface area contributed by atoms with Crippen molar-refractivity contribution < 1.29 is 9.23 Å². The molecule has 0 radical (unpaired) electrons. The molecule has 0 saturated carbocycles. The second-order valence-corrected chi connectivity index (χ2v) is 2.86. The first-order valence-corrected chi connectivity index (χ1v) is 3.86. The van der Waals surface area contributed by atoms with E-state index in [2.05, 4.69) is 0 Å². The highest BCUT2D eigenvalue weighted by molar-refractivity contribution is 5.31. The summed E-state index contributed by atoms with van der Waals surface area (Å²) in [6.45, 7) is 1.24. The van der Waals surface area contributed by atoms with Crippen LogP contribution in [0.5, 0.6) is 0 Å². The van der Waals surface area contributed by atoms with E-state index in [4.69, 9.17) is 4.84 Å². The van der Waals surface area contributed by atoms with Crippen molar-refractivity contribution in [1.82, 2.24) is 5.06 Å². The molecule has 0 bridgehead atoms. The standard InChI is InChI=1S/C9H10FNO/c1-12-11-5-7-3-2-4-9(10)8(7)6-11/h2-4H,5-6H2,1H3. The topological polar surface area (TPSA) is 12.5 Å². The zero-order valence-electron chi connectivity index (χ0n) is 6.88. The zero-order valence-corrected chi connectivity index (χ0v) is 6.88. The molecule has 2 nitrogen and oxygen atoms in total. The minimum absolute atomic E-state index is 0.132. The van der Waals surface area contributed by atoms with Crippen LogP contribution in [0.4, 0.5) is 4.39 Å². The number of hydrogen-bond acceptors (Lipinski definition) is 2. The Kier molecular flexibility index (Phi) is 1.83. The van der Waals surface area contributed by atoms with Gasteiger partial charge in [-0.15, -0.1) is 0 Å². The fourth-order valence-corrected chi connectivity index (χ4v) is 1.48. The summed E-state index contributed by atoms with van der Waals surface area (Å²) in [5, 5.41) is 1.73. The fraction of sp³-hybridized carbons (Fsp3) is 0.333. The van der Waals surface area contributed by atoms with Gasteiger partial charge in [0.05, 0.1) is 13.7 Å². The van der Waals surface area contributed by atoms with Crippen molar-refractivity contribution in [3.63, 3.8) is 0 Å². The first kappa shape index (κ1) is 7.71. The molecular formula is C9H10FNO. The highest BCUT2D eigenvalue weighted by Crippen LogP contribution is 2.24. The van der Waals surface area contributed by atoms with Crippen LogP contribution in [0.2, 0.25) is 0 Å². The molecule has 1 aromatic rings. The second kappa shape index (κ2) is 2.84. The van der Waals surface area contributed by atoms with Gasteiger partial charge in [0.25, 0.3) is 0 Å². The van der Waals surface area contributed by atoms with Crippen molar-refractivity contribution in [3.8, 4) is 0 Å². The van der Waals surface area contributed by atoms with Crippen LogP contribution in [0.3, 0.4) is 0 Å². The lowest BCUT2D eigenvalue weighted by Gasteiger charge is -2.09. The largest absolute Gasteiger partial charge is 0.302 e. The predicted octanol–water partition coefficient (Wildman–Crippen LogP) is 1.70. The lowest BCUT2D eigenvalue weighted by Crippen LogP contribution is -2.13. The van der Waals surface area contributed by atoms with Crippen LogP contribution in [0.15, 0.2) is 18.2 Å². The molecule has 0 fully saturated rings. The maximum atomic E-state index is 13.1. The maximum Gasteiger partial charge on any atom is 0.128 e. The molecule has 1 heterocycles. The Labute approximate surface area is 70.5 Å². The molecule has 0 amide bonds. The Bertz CT molecular complexity index is 301. The Morgan fingerprint density at radius 2 is 2.25 bits per heavy atom. The highest BCUT2D eigenvalue weighted by Gasteiger charge is 2.20. The van der Waals surface area contributed by atoms with Crippen LogP contribution < -0.4 is 0 Å². The third-order valence-electron chi connectivity index (χ3n) is 2.16. The molecular weight excluding hydrogens is 157 g/mol. The molecule has 0 aliphatic carbocycles. The number of hydrogen-bond donors (Lipinski definition) is 0. The number of fused-ring (bicyclic) bond motifs is 1. The van der Waals surface area contributed by atoms with E-state index in [0.717, 1.165) is 11.1 Å². The smallest absolute Gasteiger partial charge is 0.128 e. The first-order valence-electron chi connectivity index (χ1n) is 3.86. The van der Waals surface area contributed by atoms with Crippen LogP contribution in [0, 0.1) is 5.82 Å². The van der Waals surface area contributed by atoms with Gasteiger partial charge < -0.3 is 4.84 Å². The van der Waals surface area contributed by atoms with Gasteiger partial charge in [0.2, 0.25) is 0 Å². The number of halogens is 1. The van der Waals surface area contributed by atoms with Gasteiger partial charge in [-0.2, -0.15) is 5.06 Å². The Hall–Kier alpha value is -0.930. The van der Waals surface area contributed by atoms with E-state index >= 15 is 0 Å². The number of rotatable bonds is 1. The molecule has 0 N–H and O–H groups in total. The van der Waals surface area contributed by atoms with E-state index in [1.54, 1.807) is 18.2 Å². The molecule has 12 heavy (non-hydrogen) atoms. The van der Waals surface area contributed by atoms with E-state index < -0.39 is 0 Å². The Morgan fingerprint density at radius 3 is 2.92 bits per heavy atom. The zero-order chi connectivity index (χ0) is 8.55. The summed E-state index contributed by atoms with van der Waals surface area (Å²) in [4.78, 5) is 5.02.